The number of rotatable bonds is 1. The first-order valence-corrected chi connectivity index (χ1v) is 6.33. The van der Waals surface area contributed by atoms with Gasteiger partial charge in [0.05, 0.1) is 5.69 Å². The molecule has 0 aliphatic rings. The number of fused-ring (bicyclic) bond motifs is 3. The second-order valence-electron chi connectivity index (χ2n) is 4.11. The zero-order chi connectivity index (χ0) is 12.7. The molecule has 2 aromatic carbocycles. The molecule has 0 bridgehead atoms. The number of hydrogen-bond donors (Lipinski definition) is 1. The van der Waals surface area contributed by atoms with Crippen molar-refractivity contribution >= 4 is 49.5 Å². The predicted octanol–water partition coefficient (Wildman–Crippen LogP) is 4.31. The lowest BCUT2D eigenvalue weighted by molar-refractivity contribution is -0.114. The number of nitrogens with one attached hydrogen (secondary N) is 1. The van der Waals surface area contributed by atoms with Crippen LogP contribution in [0.5, 0.6) is 0 Å². The smallest absolute Gasteiger partial charge is 0.221 e. The number of anilines is 1. The van der Waals surface area contributed by atoms with Gasteiger partial charge in [0.1, 0.15) is 11.2 Å². The quantitative estimate of drug-likeness (QED) is 0.728. The van der Waals surface area contributed by atoms with Gasteiger partial charge in [-0.2, -0.15) is 0 Å². The second kappa shape index (κ2) is 4.14. The van der Waals surface area contributed by atoms with E-state index in [1.807, 2.05) is 36.4 Å². The van der Waals surface area contributed by atoms with Gasteiger partial charge in [-0.3, -0.25) is 4.79 Å². The molecule has 1 N–H and O–H groups in total. The minimum absolute atomic E-state index is 0.105. The Balaban J connectivity index is 2.29. The van der Waals surface area contributed by atoms with E-state index in [0.29, 0.717) is 5.69 Å². The number of amides is 1. The molecule has 0 aliphatic carbocycles. The van der Waals surface area contributed by atoms with Crippen LogP contribution in [0.4, 0.5) is 5.69 Å². The molecule has 1 heterocycles. The van der Waals surface area contributed by atoms with Crippen LogP contribution in [-0.4, -0.2) is 5.91 Å². The van der Waals surface area contributed by atoms with E-state index in [1.165, 1.54) is 6.92 Å². The van der Waals surface area contributed by atoms with Crippen LogP contribution in [0.2, 0.25) is 0 Å². The summed E-state index contributed by atoms with van der Waals surface area (Å²) < 4.78 is 6.60. The third-order valence-corrected chi connectivity index (χ3v) is 3.43. The first kappa shape index (κ1) is 11.3. The molecule has 0 radical (unpaired) electrons. The van der Waals surface area contributed by atoms with E-state index in [2.05, 4.69) is 21.2 Å². The van der Waals surface area contributed by atoms with Crippen LogP contribution in [0, 0.1) is 0 Å². The highest BCUT2D eigenvalue weighted by Crippen LogP contribution is 2.34. The Kier molecular flexibility index (Phi) is 2.59. The fourth-order valence-electron chi connectivity index (χ4n) is 2.03. The lowest BCUT2D eigenvalue weighted by Crippen LogP contribution is -2.05. The average molecular weight is 304 g/mol. The van der Waals surface area contributed by atoms with Gasteiger partial charge in [-0.15, -0.1) is 0 Å². The fourth-order valence-corrected chi connectivity index (χ4v) is 2.47. The van der Waals surface area contributed by atoms with Crippen LogP contribution in [0.25, 0.3) is 21.9 Å². The molecular formula is C14H10BrNO2. The van der Waals surface area contributed by atoms with E-state index in [4.69, 9.17) is 4.42 Å². The van der Waals surface area contributed by atoms with Gasteiger partial charge in [-0.1, -0.05) is 18.2 Å². The third-order valence-electron chi connectivity index (χ3n) is 2.78. The molecule has 18 heavy (non-hydrogen) atoms. The topological polar surface area (TPSA) is 42.2 Å². The van der Waals surface area contributed by atoms with E-state index in [9.17, 15) is 4.79 Å². The number of carbonyl (C=O) groups is 1. The Labute approximate surface area is 112 Å². The summed E-state index contributed by atoms with van der Waals surface area (Å²) in [5.74, 6) is -0.105. The molecule has 3 nitrogen and oxygen atoms in total. The van der Waals surface area contributed by atoms with Crippen molar-refractivity contribution in [3.05, 3.63) is 40.9 Å². The number of benzene rings is 2. The Morgan fingerprint density at radius 3 is 2.72 bits per heavy atom. The van der Waals surface area contributed by atoms with E-state index >= 15 is 0 Å². The number of halogens is 1. The van der Waals surface area contributed by atoms with Crippen molar-refractivity contribution < 1.29 is 9.21 Å². The van der Waals surface area contributed by atoms with Crippen LogP contribution in [0.3, 0.4) is 0 Å². The van der Waals surface area contributed by atoms with Gasteiger partial charge in [-0.05, 0) is 28.1 Å². The molecule has 1 amide bonds. The minimum Gasteiger partial charge on any atom is -0.456 e. The van der Waals surface area contributed by atoms with Crippen molar-refractivity contribution in [1.82, 2.24) is 0 Å². The standard InChI is InChI=1S/C14H10BrNO2/c1-8(17)16-12-7-14-10(6-11(12)15)9-4-2-3-5-13(9)18-14/h2-7H,1H3,(H,16,17). The highest BCUT2D eigenvalue weighted by Gasteiger charge is 2.10. The third kappa shape index (κ3) is 1.78. The molecule has 3 aromatic rings. The van der Waals surface area contributed by atoms with Crippen LogP contribution in [0.1, 0.15) is 6.92 Å². The maximum atomic E-state index is 11.1. The SMILES string of the molecule is CC(=O)Nc1cc2oc3ccccc3c2cc1Br. The molecule has 0 spiro atoms. The molecular weight excluding hydrogens is 294 g/mol. The minimum atomic E-state index is -0.105. The predicted molar refractivity (Wildman–Crippen MR) is 75.7 cm³/mol. The molecule has 0 atom stereocenters. The van der Waals surface area contributed by atoms with Crippen molar-refractivity contribution in [2.24, 2.45) is 0 Å². The first-order valence-electron chi connectivity index (χ1n) is 5.53. The molecule has 90 valence electrons. The van der Waals surface area contributed by atoms with E-state index in [-0.39, 0.29) is 5.91 Å². The zero-order valence-corrected chi connectivity index (χ0v) is 11.2. The summed E-state index contributed by atoms with van der Waals surface area (Å²) in [7, 11) is 0. The Morgan fingerprint density at radius 1 is 1.17 bits per heavy atom. The molecule has 3 rings (SSSR count). The maximum Gasteiger partial charge on any atom is 0.221 e. The lowest BCUT2D eigenvalue weighted by atomic mass is 10.1. The molecule has 1 aromatic heterocycles. The van der Waals surface area contributed by atoms with Gasteiger partial charge >= 0.3 is 0 Å². The molecule has 0 saturated heterocycles. The molecule has 0 aliphatic heterocycles. The van der Waals surface area contributed by atoms with Crippen molar-refractivity contribution in [2.45, 2.75) is 6.92 Å². The average Bonchev–Trinajstić information content (AvgIpc) is 2.67. The van der Waals surface area contributed by atoms with Crippen LogP contribution in [0.15, 0.2) is 45.3 Å². The van der Waals surface area contributed by atoms with Crippen molar-refractivity contribution in [3.8, 4) is 0 Å². The van der Waals surface area contributed by atoms with E-state index < -0.39 is 0 Å². The van der Waals surface area contributed by atoms with Crippen LogP contribution in [-0.2, 0) is 4.79 Å². The highest BCUT2D eigenvalue weighted by atomic mass is 79.9. The largest absolute Gasteiger partial charge is 0.456 e. The lowest BCUT2D eigenvalue weighted by Gasteiger charge is -2.04. The summed E-state index contributed by atoms with van der Waals surface area (Å²) in [5, 5.41) is 4.87. The normalized spacial score (nSPS) is 11.0. The summed E-state index contributed by atoms with van der Waals surface area (Å²) >= 11 is 3.46. The summed E-state index contributed by atoms with van der Waals surface area (Å²) in [4.78, 5) is 11.1. The molecule has 4 heteroatoms. The number of carbonyl (C=O) groups excluding carboxylic acids is 1. The van der Waals surface area contributed by atoms with Gasteiger partial charge in [-0.25, -0.2) is 0 Å². The van der Waals surface area contributed by atoms with Crippen molar-refractivity contribution in [1.29, 1.82) is 0 Å². The fraction of sp³-hybridized carbons (Fsp3) is 0.0714. The number of furan rings is 1. The van der Waals surface area contributed by atoms with E-state index in [0.717, 1.165) is 26.4 Å². The van der Waals surface area contributed by atoms with Gasteiger partial charge in [0.2, 0.25) is 5.91 Å². The van der Waals surface area contributed by atoms with Gasteiger partial charge in [0.15, 0.2) is 0 Å². The highest BCUT2D eigenvalue weighted by molar-refractivity contribution is 9.10. The second-order valence-corrected chi connectivity index (χ2v) is 4.96. The van der Waals surface area contributed by atoms with Gasteiger partial charge < -0.3 is 9.73 Å². The van der Waals surface area contributed by atoms with Crippen molar-refractivity contribution in [3.63, 3.8) is 0 Å². The molecule has 0 fully saturated rings. The number of para-hydroxylation sites is 1. The summed E-state index contributed by atoms with van der Waals surface area (Å²) in [6, 6.07) is 11.7. The Hall–Kier alpha value is -1.81. The Bertz CT molecular complexity index is 761. The first-order chi connectivity index (χ1) is 8.65. The summed E-state index contributed by atoms with van der Waals surface area (Å²) in [5.41, 5.74) is 2.33. The summed E-state index contributed by atoms with van der Waals surface area (Å²) in [6.07, 6.45) is 0. The monoisotopic (exact) mass is 303 g/mol. The van der Waals surface area contributed by atoms with Crippen LogP contribution >= 0.6 is 15.9 Å². The zero-order valence-electron chi connectivity index (χ0n) is 9.66. The van der Waals surface area contributed by atoms with Gasteiger partial charge in [0.25, 0.3) is 0 Å². The summed E-state index contributed by atoms with van der Waals surface area (Å²) in [6.45, 7) is 1.48. The van der Waals surface area contributed by atoms with E-state index in [1.54, 1.807) is 0 Å². The van der Waals surface area contributed by atoms with Gasteiger partial charge in [0, 0.05) is 28.2 Å². The van der Waals surface area contributed by atoms with Crippen LogP contribution < -0.4 is 5.32 Å². The maximum absolute atomic E-state index is 11.1. The molecule has 0 saturated carbocycles. The number of hydrogen-bond acceptors (Lipinski definition) is 2. The Morgan fingerprint density at radius 2 is 1.94 bits per heavy atom. The van der Waals surface area contributed by atoms with Crippen molar-refractivity contribution in [2.75, 3.05) is 5.32 Å². The molecule has 0 unspecified atom stereocenters.